The molecule has 0 spiro atoms. The number of hydrogen-bond acceptors (Lipinski definition) is 5. The van der Waals surface area contributed by atoms with Crippen molar-refractivity contribution in [1.82, 2.24) is 16.0 Å². The molecule has 106 valence electrons. The lowest BCUT2D eigenvalue weighted by atomic mass is 10.2. The molecule has 8 heteroatoms. The van der Waals surface area contributed by atoms with E-state index in [4.69, 9.17) is 4.74 Å². The van der Waals surface area contributed by atoms with E-state index in [0.717, 1.165) is 0 Å². The fraction of sp³-hybridized carbons (Fsp3) is 0.636. The van der Waals surface area contributed by atoms with Crippen molar-refractivity contribution in [3.05, 3.63) is 0 Å². The first kappa shape index (κ1) is 14.9. The summed E-state index contributed by atoms with van der Waals surface area (Å²) in [6, 6.07) is 0. The zero-order valence-electron chi connectivity index (χ0n) is 11.2. The van der Waals surface area contributed by atoms with Gasteiger partial charge in [0.25, 0.3) is 0 Å². The van der Waals surface area contributed by atoms with E-state index in [1.807, 2.05) is 0 Å². The molecule has 3 N–H and O–H groups in total. The second-order valence-corrected chi connectivity index (χ2v) is 4.92. The van der Waals surface area contributed by atoms with Gasteiger partial charge >= 0.3 is 17.9 Å². The van der Waals surface area contributed by atoms with Crippen molar-refractivity contribution in [2.45, 2.75) is 32.8 Å². The van der Waals surface area contributed by atoms with Gasteiger partial charge < -0.3 is 10.1 Å². The summed E-state index contributed by atoms with van der Waals surface area (Å²) in [5, 5.41) is 7.12. The Bertz CT molecular complexity index is 393. The van der Waals surface area contributed by atoms with Gasteiger partial charge in [-0.2, -0.15) is 0 Å². The molecule has 0 aromatic heterocycles. The molecule has 0 aromatic rings. The number of amides is 3. The SMILES string of the molecule is CC(C)(C)OC(=O)NCCCN=C1NC(=O)C(=O)N1. The number of nitrogens with one attached hydrogen (secondary N) is 3. The second kappa shape index (κ2) is 6.17. The molecule has 0 saturated carbocycles. The molecule has 0 radical (unpaired) electrons. The van der Waals surface area contributed by atoms with E-state index in [0.29, 0.717) is 19.5 Å². The Kier molecular flexibility index (Phi) is 4.85. The third-order valence-electron chi connectivity index (χ3n) is 1.94. The summed E-state index contributed by atoms with van der Waals surface area (Å²) in [4.78, 5) is 36.9. The third kappa shape index (κ3) is 5.84. The van der Waals surface area contributed by atoms with Gasteiger partial charge in [0, 0.05) is 13.1 Å². The van der Waals surface area contributed by atoms with E-state index in [9.17, 15) is 14.4 Å². The maximum Gasteiger partial charge on any atom is 0.407 e. The molecule has 3 amide bonds. The Morgan fingerprint density at radius 1 is 1.26 bits per heavy atom. The number of aliphatic imine (C=N–C) groups is 1. The zero-order chi connectivity index (χ0) is 14.5. The summed E-state index contributed by atoms with van der Waals surface area (Å²) in [6.45, 7) is 6.11. The molecule has 0 aromatic carbocycles. The van der Waals surface area contributed by atoms with Crippen LogP contribution < -0.4 is 16.0 Å². The Morgan fingerprint density at radius 3 is 2.37 bits per heavy atom. The number of hydrogen-bond donors (Lipinski definition) is 3. The van der Waals surface area contributed by atoms with Crippen molar-refractivity contribution in [3.8, 4) is 0 Å². The van der Waals surface area contributed by atoms with Gasteiger partial charge in [0.2, 0.25) is 5.96 Å². The molecule has 0 atom stereocenters. The van der Waals surface area contributed by atoms with Crippen LogP contribution in [-0.4, -0.2) is 42.6 Å². The minimum atomic E-state index is -0.717. The molecular formula is C11H18N4O4. The number of guanidine groups is 1. The van der Waals surface area contributed by atoms with E-state index < -0.39 is 23.5 Å². The quantitative estimate of drug-likeness (QED) is 0.472. The van der Waals surface area contributed by atoms with E-state index in [-0.39, 0.29) is 5.96 Å². The van der Waals surface area contributed by atoms with Crippen molar-refractivity contribution in [1.29, 1.82) is 0 Å². The van der Waals surface area contributed by atoms with Crippen LogP contribution in [0.4, 0.5) is 4.79 Å². The van der Waals surface area contributed by atoms with Gasteiger partial charge in [-0.15, -0.1) is 0 Å². The van der Waals surface area contributed by atoms with E-state index in [2.05, 4.69) is 20.9 Å². The maximum atomic E-state index is 11.3. The summed E-state index contributed by atoms with van der Waals surface area (Å²) in [6.07, 6.45) is 0.0803. The smallest absolute Gasteiger partial charge is 0.407 e. The fourth-order valence-corrected chi connectivity index (χ4v) is 1.21. The second-order valence-electron chi connectivity index (χ2n) is 4.92. The minimum Gasteiger partial charge on any atom is -0.444 e. The molecule has 1 aliphatic rings. The van der Waals surface area contributed by atoms with Crippen molar-refractivity contribution in [2.75, 3.05) is 13.1 Å². The highest BCUT2D eigenvalue weighted by Gasteiger charge is 2.24. The highest BCUT2D eigenvalue weighted by atomic mass is 16.6. The zero-order valence-corrected chi connectivity index (χ0v) is 11.2. The molecule has 0 unspecified atom stereocenters. The van der Waals surface area contributed by atoms with Crippen LogP contribution in [0.2, 0.25) is 0 Å². The van der Waals surface area contributed by atoms with Crippen molar-refractivity contribution < 1.29 is 19.1 Å². The van der Waals surface area contributed by atoms with Crippen LogP contribution >= 0.6 is 0 Å². The lowest BCUT2D eigenvalue weighted by molar-refractivity contribution is -0.135. The predicted molar refractivity (Wildman–Crippen MR) is 67.4 cm³/mol. The summed E-state index contributed by atoms with van der Waals surface area (Å²) in [7, 11) is 0. The first-order chi connectivity index (χ1) is 8.78. The monoisotopic (exact) mass is 270 g/mol. The van der Waals surface area contributed by atoms with Gasteiger partial charge in [-0.25, -0.2) is 4.79 Å². The summed E-state index contributed by atoms with van der Waals surface area (Å²) in [5.74, 6) is -1.29. The van der Waals surface area contributed by atoms with E-state index in [1.54, 1.807) is 20.8 Å². The standard InChI is InChI=1S/C11H18N4O4/c1-11(2,3)19-10(18)13-6-4-5-12-9-14-7(16)8(17)15-9/h4-6H2,1-3H3,(H,13,18)(H2,12,14,15,16,17). The number of carbonyl (C=O) groups excluding carboxylic acids is 3. The van der Waals surface area contributed by atoms with E-state index in [1.165, 1.54) is 0 Å². The lowest BCUT2D eigenvalue weighted by Crippen LogP contribution is -2.33. The van der Waals surface area contributed by atoms with Crippen LogP contribution in [0, 0.1) is 0 Å². The Labute approximate surface area is 111 Å². The number of rotatable bonds is 4. The van der Waals surface area contributed by atoms with Crippen molar-refractivity contribution >= 4 is 23.9 Å². The topological polar surface area (TPSA) is 109 Å². The summed E-state index contributed by atoms with van der Waals surface area (Å²) in [5.41, 5.74) is -0.525. The number of alkyl carbamates (subject to hydrolysis) is 1. The Balaban J connectivity index is 2.15. The molecule has 8 nitrogen and oxygen atoms in total. The molecule has 0 aliphatic carbocycles. The van der Waals surface area contributed by atoms with Gasteiger partial charge in [-0.3, -0.25) is 25.2 Å². The van der Waals surface area contributed by atoms with Crippen LogP contribution in [0.5, 0.6) is 0 Å². The average molecular weight is 270 g/mol. The van der Waals surface area contributed by atoms with Crippen LogP contribution in [-0.2, 0) is 14.3 Å². The fourth-order valence-electron chi connectivity index (χ4n) is 1.21. The van der Waals surface area contributed by atoms with Crippen LogP contribution in [0.3, 0.4) is 0 Å². The normalized spacial score (nSPS) is 14.8. The Hall–Kier alpha value is -2.12. The molecule has 1 fully saturated rings. The Morgan fingerprint density at radius 2 is 1.84 bits per heavy atom. The van der Waals surface area contributed by atoms with Crippen molar-refractivity contribution in [2.24, 2.45) is 4.99 Å². The number of ether oxygens (including phenoxy) is 1. The predicted octanol–water partition coefficient (Wildman–Crippen LogP) is -0.497. The van der Waals surface area contributed by atoms with Gasteiger partial charge in [0.05, 0.1) is 0 Å². The number of carbonyl (C=O) groups is 3. The molecule has 1 saturated heterocycles. The highest BCUT2D eigenvalue weighted by molar-refractivity contribution is 6.45. The highest BCUT2D eigenvalue weighted by Crippen LogP contribution is 2.06. The molecule has 19 heavy (non-hydrogen) atoms. The average Bonchev–Trinajstić information content (AvgIpc) is 2.55. The van der Waals surface area contributed by atoms with Gasteiger partial charge in [-0.05, 0) is 27.2 Å². The first-order valence-corrected chi connectivity index (χ1v) is 5.91. The number of nitrogens with zero attached hydrogens (tertiary/aromatic N) is 1. The minimum absolute atomic E-state index is 0.146. The van der Waals surface area contributed by atoms with Crippen LogP contribution in [0.15, 0.2) is 4.99 Å². The molecule has 1 aliphatic heterocycles. The maximum absolute atomic E-state index is 11.3. The molecule has 0 bridgehead atoms. The third-order valence-corrected chi connectivity index (χ3v) is 1.94. The molecule has 1 heterocycles. The van der Waals surface area contributed by atoms with Crippen LogP contribution in [0.25, 0.3) is 0 Å². The van der Waals surface area contributed by atoms with Gasteiger partial charge in [0.1, 0.15) is 5.60 Å². The molecule has 1 rings (SSSR count). The summed E-state index contributed by atoms with van der Waals surface area (Å²) >= 11 is 0. The van der Waals surface area contributed by atoms with Gasteiger partial charge in [0.15, 0.2) is 0 Å². The van der Waals surface area contributed by atoms with Crippen LogP contribution in [0.1, 0.15) is 27.2 Å². The van der Waals surface area contributed by atoms with E-state index >= 15 is 0 Å². The summed E-state index contributed by atoms with van der Waals surface area (Å²) < 4.78 is 5.05. The largest absolute Gasteiger partial charge is 0.444 e. The van der Waals surface area contributed by atoms with Gasteiger partial charge in [-0.1, -0.05) is 0 Å². The molecular weight excluding hydrogens is 252 g/mol. The first-order valence-electron chi connectivity index (χ1n) is 5.91. The van der Waals surface area contributed by atoms with Crippen molar-refractivity contribution in [3.63, 3.8) is 0 Å². The lowest BCUT2D eigenvalue weighted by Gasteiger charge is -2.19.